The van der Waals surface area contributed by atoms with Crippen LogP contribution in [0.25, 0.3) is 0 Å². The molecule has 0 fully saturated rings. The Labute approximate surface area is 51.6 Å². The van der Waals surface area contributed by atoms with Crippen molar-refractivity contribution in [1.82, 2.24) is 15.4 Å². The van der Waals surface area contributed by atoms with Crippen LogP contribution in [0.3, 0.4) is 0 Å². The molecule has 2 heterocycles. The number of hydrogen-bond donors (Lipinski definition) is 1. The van der Waals surface area contributed by atoms with Crippen molar-refractivity contribution in [3.8, 4) is 0 Å². The summed E-state index contributed by atoms with van der Waals surface area (Å²) in [5, 5.41) is 3.71. The Balaban J connectivity index is 2.40. The predicted octanol–water partition coefficient (Wildman–Crippen LogP) is -0.259. The summed E-state index contributed by atoms with van der Waals surface area (Å²) in [4.78, 5) is 7.87. The normalized spacial score (nSPS) is 14.0. The second kappa shape index (κ2) is 1.51. The summed E-state index contributed by atoms with van der Waals surface area (Å²) in [7, 11) is 0. The molecule has 0 aromatic carbocycles. The molecule has 0 spiro atoms. The third-order valence-corrected chi connectivity index (χ3v) is 1.00. The van der Waals surface area contributed by atoms with Gasteiger partial charge in [0.05, 0.1) is 0 Å². The number of nitrogens with one attached hydrogen (secondary N) is 1. The van der Waals surface area contributed by atoms with Gasteiger partial charge in [0, 0.05) is 12.4 Å². The van der Waals surface area contributed by atoms with Crippen molar-refractivity contribution in [1.29, 1.82) is 0 Å². The minimum absolute atomic E-state index is 0.664. The maximum Gasteiger partial charge on any atom is 0.211 e. The summed E-state index contributed by atoms with van der Waals surface area (Å²) in [6.45, 7) is 0. The number of nitrogens with zero attached hydrogens (tertiary/aromatic N) is 3. The van der Waals surface area contributed by atoms with Crippen LogP contribution < -0.4 is 5.43 Å². The van der Waals surface area contributed by atoms with E-state index in [-0.39, 0.29) is 0 Å². The molecule has 0 radical (unpaired) electrons. The molecular weight excluding hydrogens is 116 g/mol. The Morgan fingerprint density at radius 2 is 1.89 bits per heavy atom. The van der Waals surface area contributed by atoms with Gasteiger partial charge in [-0.05, 0) is 6.07 Å². The van der Waals surface area contributed by atoms with Gasteiger partial charge in [-0.2, -0.15) is 5.10 Å². The van der Waals surface area contributed by atoms with E-state index < -0.39 is 0 Å². The van der Waals surface area contributed by atoms with Crippen LogP contribution in [0.5, 0.6) is 0 Å². The van der Waals surface area contributed by atoms with Crippen molar-refractivity contribution in [2.45, 2.75) is 0 Å². The van der Waals surface area contributed by atoms with E-state index in [9.17, 15) is 0 Å². The van der Waals surface area contributed by atoms with E-state index in [0.717, 1.165) is 5.84 Å². The van der Waals surface area contributed by atoms with Gasteiger partial charge in [0.2, 0.25) is 5.84 Å². The zero-order valence-corrected chi connectivity index (χ0v) is 4.57. The Morgan fingerprint density at radius 3 is 2.44 bits per heavy atom. The molecule has 0 amide bonds. The van der Waals surface area contributed by atoms with Gasteiger partial charge < -0.3 is 0 Å². The van der Waals surface area contributed by atoms with Crippen molar-refractivity contribution in [3.05, 3.63) is 24.3 Å². The number of rotatable bonds is 1. The molecule has 2 rings (SSSR count). The van der Waals surface area contributed by atoms with E-state index in [1.807, 2.05) is 0 Å². The molecule has 44 valence electrons. The van der Waals surface area contributed by atoms with Crippen molar-refractivity contribution in [2.75, 3.05) is 0 Å². The zero-order valence-electron chi connectivity index (χ0n) is 4.57. The largest absolute Gasteiger partial charge is 0.255 e. The van der Waals surface area contributed by atoms with Gasteiger partial charge in [0.25, 0.3) is 0 Å². The third kappa shape index (κ3) is 0.739. The summed E-state index contributed by atoms with van der Waals surface area (Å²) >= 11 is 0. The standard InChI is InChI=1S/C5H4N4/c1-2-6-4(7-3-1)5-8-9-5/h1-3H,(H,8,9). The van der Waals surface area contributed by atoms with Gasteiger partial charge in [-0.25, -0.2) is 9.97 Å². The second-order valence-electron chi connectivity index (χ2n) is 1.64. The van der Waals surface area contributed by atoms with Crippen LogP contribution in [0.2, 0.25) is 0 Å². The van der Waals surface area contributed by atoms with E-state index in [0.29, 0.717) is 5.82 Å². The topological polar surface area (TPSA) is 60.1 Å². The van der Waals surface area contributed by atoms with Crippen LogP contribution in [0.4, 0.5) is 0 Å². The van der Waals surface area contributed by atoms with Crippen molar-refractivity contribution in [2.24, 2.45) is 5.10 Å². The molecule has 0 saturated heterocycles. The van der Waals surface area contributed by atoms with Gasteiger partial charge in [0.1, 0.15) is 0 Å². The molecule has 0 saturated carbocycles. The molecule has 1 aromatic rings. The SMILES string of the molecule is c1cnc(C2=NN2)nc1. The molecule has 1 aromatic heterocycles. The molecule has 0 unspecified atom stereocenters. The average molecular weight is 120 g/mol. The summed E-state index contributed by atoms with van der Waals surface area (Å²) in [6, 6.07) is 1.77. The summed E-state index contributed by atoms with van der Waals surface area (Å²) in [5.74, 6) is 1.44. The maximum atomic E-state index is 3.94. The lowest BCUT2D eigenvalue weighted by molar-refractivity contribution is 1.13. The van der Waals surface area contributed by atoms with Crippen LogP contribution in [0, 0.1) is 0 Å². The van der Waals surface area contributed by atoms with Crippen molar-refractivity contribution in [3.63, 3.8) is 0 Å². The average Bonchev–Trinajstić information content (AvgIpc) is 2.71. The van der Waals surface area contributed by atoms with Crippen LogP contribution in [0.15, 0.2) is 23.6 Å². The number of hydrazone groups is 1. The molecule has 4 nitrogen and oxygen atoms in total. The predicted molar refractivity (Wildman–Crippen MR) is 31.7 cm³/mol. The lowest BCUT2D eigenvalue weighted by Crippen LogP contribution is -2.00. The van der Waals surface area contributed by atoms with E-state index in [1.54, 1.807) is 18.5 Å². The summed E-state index contributed by atoms with van der Waals surface area (Å²) in [5.41, 5.74) is 2.67. The van der Waals surface area contributed by atoms with Gasteiger partial charge in [0.15, 0.2) is 5.82 Å². The monoisotopic (exact) mass is 120 g/mol. The fourth-order valence-electron chi connectivity index (χ4n) is 0.549. The van der Waals surface area contributed by atoms with E-state index in [2.05, 4.69) is 20.5 Å². The Morgan fingerprint density at radius 1 is 1.22 bits per heavy atom. The highest BCUT2D eigenvalue weighted by molar-refractivity contribution is 6.02. The Kier molecular flexibility index (Phi) is 0.745. The van der Waals surface area contributed by atoms with Crippen LogP contribution >= 0.6 is 0 Å². The van der Waals surface area contributed by atoms with E-state index in [4.69, 9.17) is 0 Å². The Hall–Kier alpha value is -1.45. The van der Waals surface area contributed by atoms with Crippen molar-refractivity contribution < 1.29 is 0 Å². The zero-order chi connectivity index (χ0) is 6.10. The molecule has 0 atom stereocenters. The fraction of sp³-hybridized carbons (Fsp3) is 0. The highest BCUT2D eigenvalue weighted by atomic mass is 15.5. The molecule has 1 aliphatic rings. The van der Waals surface area contributed by atoms with Gasteiger partial charge in [-0.3, -0.25) is 5.43 Å². The van der Waals surface area contributed by atoms with Gasteiger partial charge in [-0.15, -0.1) is 0 Å². The molecule has 0 aliphatic carbocycles. The number of aromatic nitrogens is 2. The third-order valence-electron chi connectivity index (χ3n) is 1.00. The quantitative estimate of drug-likeness (QED) is 0.555. The summed E-state index contributed by atoms with van der Waals surface area (Å²) < 4.78 is 0. The molecule has 0 bridgehead atoms. The minimum atomic E-state index is 0.664. The van der Waals surface area contributed by atoms with E-state index >= 15 is 0 Å². The smallest absolute Gasteiger partial charge is 0.211 e. The van der Waals surface area contributed by atoms with Crippen LogP contribution in [-0.4, -0.2) is 15.8 Å². The second-order valence-corrected chi connectivity index (χ2v) is 1.64. The van der Waals surface area contributed by atoms with Crippen molar-refractivity contribution >= 4 is 5.84 Å². The van der Waals surface area contributed by atoms with E-state index in [1.165, 1.54) is 0 Å². The molecule has 4 heteroatoms. The van der Waals surface area contributed by atoms with Gasteiger partial charge in [-0.1, -0.05) is 0 Å². The van der Waals surface area contributed by atoms with Gasteiger partial charge >= 0.3 is 0 Å². The molecule has 1 N–H and O–H groups in total. The molecule has 1 aliphatic heterocycles. The van der Waals surface area contributed by atoms with Crippen LogP contribution in [-0.2, 0) is 0 Å². The maximum absolute atomic E-state index is 3.94. The first-order valence-electron chi connectivity index (χ1n) is 2.58. The first kappa shape index (κ1) is 4.43. The fourth-order valence-corrected chi connectivity index (χ4v) is 0.549. The minimum Gasteiger partial charge on any atom is -0.255 e. The highest BCUT2D eigenvalue weighted by Gasteiger charge is 2.13. The first-order chi connectivity index (χ1) is 4.47. The first-order valence-corrected chi connectivity index (χ1v) is 2.58. The molecule has 9 heavy (non-hydrogen) atoms. The number of hydrogen-bond acceptors (Lipinski definition) is 4. The number of amidine groups is 1. The lowest BCUT2D eigenvalue weighted by Gasteiger charge is -1.83. The lowest BCUT2D eigenvalue weighted by atomic mass is 10.5. The van der Waals surface area contributed by atoms with Crippen LogP contribution in [0.1, 0.15) is 5.82 Å². The Bertz CT molecular complexity index is 240. The summed E-state index contributed by atoms with van der Waals surface area (Å²) in [6.07, 6.45) is 3.37. The molecular formula is C5H4N4. The highest BCUT2D eigenvalue weighted by Crippen LogP contribution is 1.95.